The zero-order valence-corrected chi connectivity index (χ0v) is 25.6. The Morgan fingerprint density at radius 3 is 2.35 bits per heavy atom. The number of carbonyl (C=O) groups is 1. The van der Waals surface area contributed by atoms with Gasteiger partial charge < -0.3 is 23.4 Å². The molecule has 5 unspecified atom stereocenters. The molecule has 0 aromatic heterocycles. The Labute approximate surface area is 225 Å². The van der Waals surface area contributed by atoms with Crippen molar-refractivity contribution < 1.29 is 28.2 Å². The molecule has 6 fully saturated rings. The lowest BCUT2D eigenvalue weighted by Gasteiger charge is -2.62. The van der Waals surface area contributed by atoms with Crippen molar-refractivity contribution in [1.82, 2.24) is 0 Å². The summed E-state index contributed by atoms with van der Waals surface area (Å²) in [6.45, 7) is 19.8. The summed E-state index contributed by atoms with van der Waals surface area (Å²) in [7, 11) is -2.05. The monoisotopic (exact) mass is 534 g/mol. The van der Waals surface area contributed by atoms with Crippen molar-refractivity contribution in [2.24, 2.45) is 34.5 Å². The molecule has 210 valence electrons. The van der Waals surface area contributed by atoms with Crippen molar-refractivity contribution in [3.05, 3.63) is 0 Å². The van der Waals surface area contributed by atoms with E-state index in [0.29, 0.717) is 23.7 Å². The Morgan fingerprint density at radius 2 is 1.68 bits per heavy atom. The molecule has 7 heteroatoms. The van der Waals surface area contributed by atoms with E-state index in [2.05, 4.69) is 54.6 Å². The molecule has 0 amide bonds. The minimum atomic E-state index is -2.05. The normalized spacial score (nSPS) is 50.1. The first-order valence-electron chi connectivity index (χ1n) is 15.0. The Balaban J connectivity index is 1.45. The van der Waals surface area contributed by atoms with E-state index >= 15 is 0 Å². The minimum Gasteiger partial charge on any atom is -0.435 e. The van der Waals surface area contributed by atoms with Crippen molar-refractivity contribution in [1.29, 1.82) is 0 Å². The van der Waals surface area contributed by atoms with Crippen LogP contribution >= 0.6 is 0 Å². The van der Waals surface area contributed by atoms with Gasteiger partial charge in [0.1, 0.15) is 0 Å². The SMILES string of the molecule is CC(=O)OC1O[C@H]2C[C@]13C(CC[C@@H]3O[Si](C)(C)C(C)(C)C)C1C2[C@@]2(C)CCCCC2[C@H]2OC(C)(C)O[C@H]12. The highest BCUT2D eigenvalue weighted by atomic mass is 28.4. The Kier molecular flexibility index (Phi) is 5.98. The van der Waals surface area contributed by atoms with E-state index in [1.807, 2.05) is 0 Å². The molecule has 11 atom stereocenters. The van der Waals surface area contributed by atoms with E-state index in [9.17, 15) is 4.79 Å². The van der Waals surface area contributed by atoms with Crippen LogP contribution < -0.4 is 0 Å². The van der Waals surface area contributed by atoms with Gasteiger partial charge in [0.2, 0.25) is 6.29 Å². The van der Waals surface area contributed by atoms with Crippen molar-refractivity contribution in [2.45, 2.75) is 148 Å². The van der Waals surface area contributed by atoms with Crippen LogP contribution in [0.5, 0.6) is 0 Å². The number of esters is 1. The molecule has 0 N–H and O–H groups in total. The molecule has 0 aromatic rings. The molecule has 2 bridgehead atoms. The lowest BCUT2D eigenvalue weighted by atomic mass is 9.43. The highest BCUT2D eigenvalue weighted by Gasteiger charge is 2.76. The lowest BCUT2D eigenvalue weighted by molar-refractivity contribution is -0.202. The average molecular weight is 535 g/mol. The van der Waals surface area contributed by atoms with Crippen molar-refractivity contribution in [2.75, 3.05) is 0 Å². The maximum Gasteiger partial charge on any atom is 0.304 e. The summed E-state index contributed by atoms with van der Waals surface area (Å²) in [6, 6.07) is 0. The largest absolute Gasteiger partial charge is 0.435 e. The zero-order valence-electron chi connectivity index (χ0n) is 24.6. The van der Waals surface area contributed by atoms with Gasteiger partial charge in [-0.15, -0.1) is 0 Å². The Hall–Kier alpha value is -0.473. The minimum absolute atomic E-state index is 0.0411. The molecular weight excluding hydrogens is 484 g/mol. The van der Waals surface area contributed by atoms with Crippen LogP contribution in [-0.2, 0) is 28.2 Å². The predicted octanol–water partition coefficient (Wildman–Crippen LogP) is 6.43. The van der Waals surface area contributed by atoms with Crippen LogP contribution in [0.1, 0.15) is 93.4 Å². The molecule has 4 saturated carbocycles. The van der Waals surface area contributed by atoms with Crippen LogP contribution in [0, 0.1) is 34.5 Å². The van der Waals surface area contributed by atoms with Crippen molar-refractivity contribution >= 4 is 14.3 Å². The topological polar surface area (TPSA) is 63.2 Å². The quantitative estimate of drug-likeness (QED) is 0.307. The lowest BCUT2D eigenvalue weighted by Crippen LogP contribution is -2.65. The Bertz CT molecular complexity index is 943. The molecular formula is C30H50O6Si. The van der Waals surface area contributed by atoms with Crippen LogP contribution in [0.3, 0.4) is 0 Å². The molecule has 4 aliphatic carbocycles. The van der Waals surface area contributed by atoms with E-state index < -0.39 is 20.4 Å². The van der Waals surface area contributed by atoms with E-state index in [1.165, 1.54) is 32.6 Å². The van der Waals surface area contributed by atoms with Crippen LogP contribution in [-0.4, -0.2) is 50.8 Å². The van der Waals surface area contributed by atoms with E-state index in [-0.39, 0.29) is 46.3 Å². The summed E-state index contributed by atoms with van der Waals surface area (Å²) in [5.41, 5.74) is -0.167. The molecule has 0 radical (unpaired) electrons. The van der Waals surface area contributed by atoms with Crippen molar-refractivity contribution in [3.8, 4) is 0 Å². The summed E-state index contributed by atoms with van der Waals surface area (Å²) < 4.78 is 33.8. The predicted molar refractivity (Wildman–Crippen MR) is 143 cm³/mol. The van der Waals surface area contributed by atoms with Crippen LogP contribution in [0.25, 0.3) is 0 Å². The molecule has 6 aliphatic rings. The third kappa shape index (κ3) is 3.73. The van der Waals surface area contributed by atoms with E-state index in [4.69, 9.17) is 23.4 Å². The van der Waals surface area contributed by atoms with Gasteiger partial charge in [-0.2, -0.15) is 0 Å². The first-order valence-corrected chi connectivity index (χ1v) is 17.9. The van der Waals surface area contributed by atoms with Crippen LogP contribution in [0.15, 0.2) is 0 Å². The molecule has 2 aliphatic heterocycles. The smallest absolute Gasteiger partial charge is 0.304 e. The first-order chi connectivity index (χ1) is 17.1. The molecule has 2 heterocycles. The number of hydrogen-bond acceptors (Lipinski definition) is 6. The zero-order chi connectivity index (χ0) is 26.8. The third-order valence-corrected chi connectivity index (χ3v) is 16.6. The second kappa shape index (κ2) is 8.28. The second-order valence-electron chi connectivity index (χ2n) is 15.5. The van der Waals surface area contributed by atoms with Crippen LogP contribution in [0.4, 0.5) is 0 Å². The van der Waals surface area contributed by atoms with Gasteiger partial charge in [-0.05, 0) is 93.2 Å². The molecule has 2 saturated heterocycles. The number of fused-ring (bicyclic) bond motifs is 9. The fraction of sp³-hybridized carbons (Fsp3) is 0.967. The maximum absolute atomic E-state index is 12.4. The highest BCUT2D eigenvalue weighted by Crippen LogP contribution is 2.73. The van der Waals surface area contributed by atoms with Gasteiger partial charge in [0.25, 0.3) is 0 Å². The fourth-order valence-corrected chi connectivity index (χ4v) is 11.2. The van der Waals surface area contributed by atoms with Gasteiger partial charge in [0, 0.05) is 6.92 Å². The summed E-state index contributed by atoms with van der Waals surface area (Å²) in [5, 5.41) is 0.111. The third-order valence-electron chi connectivity index (χ3n) is 12.1. The maximum atomic E-state index is 12.4. The number of rotatable bonds is 3. The van der Waals surface area contributed by atoms with Gasteiger partial charge in [0.05, 0.1) is 29.8 Å². The summed E-state index contributed by atoms with van der Waals surface area (Å²) in [6.07, 6.45) is 7.71. The standard InChI is InChI=1S/C30H50O6Si/c1-17(31)32-26-30-16-20(33-26)23-22(18(30)13-14-21(30)36-37(8,9)27(2,3)4)25-24(34-28(5,6)35-25)19-12-10-11-15-29(19,23)7/h18-26H,10-16H2,1-9H3/t18?,19?,20-,21-,22?,23?,24+,25+,26?,29-,30+/m0/s1. The highest BCUT2D eigenvalue weighted by molar-refractivity contribution is 6.74. The molecule has 6 rings (SSSR count). The van der Waals surface area contributed by atoms with E-state index in [0.717, 1.165) is 19.3 Å². The molecule has 37 heavy (non-hydrogen) atoms. The fourth-order valence-electron chi connectivity index (χ4n) is 9.81. The van der Waals surface area contributed by atoms with Gasteiger partial charge >= 0.3 is 5.97 Å². The average Bonchev–Trinajstić information content (AvgIpc) is 3.38. The van der Waals surface area contributed by atoms with Gasteiger partial charge in [-0.1, -0.05) is 40.5 Å². The molecule has 6 nitrogen and oxygen atoms in total. The Morgan fingerprint density at radius 1 is 0.973 bits per heavy atom. The number of ether oxygens (including phenoxy) is 4. The van der Waals surface area contributed by atoms with Gasteiger partial charge in [-0.3, -0.25) is 4.79 Å². The van der Waals surface area contributed by atoms with Gasteiger partial charge in [0.15, 0.2) is 14.1 Å². The second-order valence-corrected chi connectivity index (χ2v) is 20.3. The summed E-state index contributed by atoms with van der Waals surface area (Å²) in [5.74, 6) is 0.713. The van der Waals surface area contributed by atoms with Gasteiger partial charge in [-0.25, -0.2) is 0 Å². The number of hydrogen-bond donors (Lipinski definition) is 0. The first kappa shape index (κ1) is 26.7. The van der Waals surface area contributed by atoms with E-state index in [1.54, 1.807) is 0 Å². The summed E-state index contributed by atoms with van der Waals surface area (Å²) in [4.78, 5) is 12.4. The van der Waals surface area contributed by atoms with Crippen molar-refractivity contribution in [3.63, 3.8) is 0 Å². The number of carbonyl (C=O) groups excluding carboxylic acids is 1. The molecule has 0 aromatic carbocycles. The molecule has 1 spiro atoms. The van der Waals surface area contributed by atoms with Crippen LogP contribution in [0.2, 0.25) is 18.1 Å². The summed E-state index contributed by atoms with van der Waals surface area (Å²) >= 11 is 0.